The molecule has 1 atom stereocenters. The second-order valence-corrected chi connectivity index (χ2v) is 7.04. The van der Waals surface area contributed by atoms with Crippen molar-refractivity contribution in [2.45, 2.75) is 11.7 Å². The fourth-order valence-electron chi connectivity index (χ4n) is 1.77. The highest BCUT2D eigenvalue weighted by molar-refractivity contribution is 8.06. The first-order chi connectivity index (χ1) is 10.3. The molecular formula is C15H18N2O2S2. The number of carbonyl (C=O) groups is 1. The minimum absolute atomic E-state index is 0.0540. The highest BCUT2D eigenvalue weighted by atomic mass is 32.2. The van der Waals surface area contributed by atoms with E-state index in [-0.39, 0.29) is 12.5 Å². The number of aromatic nitrogens is 1. The summed E-state index contributed by atoms with van der Waals surface area (Å²) >= 11 is 3.86. The first-order valence-electron chi connectivity index (χ1n) is 6.83. The third-order valence-corrected chi connectivity index (χ3v) is 5.69. The molecule has 21 heavy (non-hydrogen) atoms. The lowest BCUT2D eigenvalue weighted by atomic mass is 10.2. The zero-order valence-electron chi connectivity index (χ0n) is 11.7. The molecule has 0 spiro atoms. The van der Waals surface area contributed by atoms with Gasteiger partial charge in [-0.1, -0.05) is 11.8 Å². The molecule has 0 radical (unpaired) electrons. The van der Waals surface area contributed by atoms with E-state index in [0.29, 0.717) is 23.9 Å². The van der Waals surface area contributed by atoms with Crippen molar-refractivity contribution in [3.63, 3.8) is 0 Å². The average Bonchev–Trinajstić information content (AvgIpc) is 2.54. The first-order valence-corrected chi connectivity index (χ1v) is 9.03. The summed E-state index contributed by atoms with van der Waals surface area (Å²) < 4.78 is 0. The molecule has 2 N–H and O–H groups in total. The molecule has 1 aromatic heterocycles. The number of aliphatic hydroxyl groups is 1. The van der Waals surface area contributed by atoms with Crippen molar-refractivity contribution in [2.24, 2.45) is 0 Å². The maximum Gasteiger partial charge on any atom is 0.269 e. The van der Waals surface area contributed by atoms with Gasteiger partial charge in [-0.05, 0) is 12.1 Å². The van der Waals surface area contributed by atoms with Crippen LogP contribution in [0.5, 0.6) is 0 Å². The second-order valence-electron chi connectivity index (χ2n) is 4.49. The largest absolute Gasteiger partial charge is 0.395 e. The van der Waals surface area contributed by atoms with E-state index in [1.54, 1.807) is 18.3 Å². The summed E-state index contributed by atoms with van der Waals surface area (Å²) in [6.45, 7) is 0.745. The number of nitrogens with zero attached hydrogens (tertiary/aromatic N) is 1. The van der Waals surface area contributed by atoms with Crippen LogP contribution < -0.4 is 5.32 Å². The fraction of sp³-hybridized carbons (Fsp3) is 0.467. The summed E-state index contributed by atoms with van der Waals surface area (Å²) in [5, 5.41) is 12.1. The highest BCUT2D eigenvalue weighted by Gasteiger charge is 2.16. The van der Waals surface area contributed by atoms with Gasteiger partial charge in [-0.2, -0.15) is 23.5 Å². The van der Waals surface area contributed by atoms with Gasteiger partial charge in [0.15, 0.2) is 0 Å². The maximum absolute atomic E-state index is 12.0. The van der Waals surface area contributed by atoms with Gasteiger partial charge >= 0.3 is 0 Å². The molecule has 1 amide bonds. The number of thioether (sulfide) groups is 2. The maximum atomic E-state index is 12.0. The molecule has 0 bridgehead atoms. The van der Waals surface area contributed by atoms with Crippen LogP contribution in [0.3, 0.4) is 0 Å². The van der Waals surface area contributed by atoms with Gasteiger partial charge in [-0.25, -0.2) is 4.98 Å². The van der Waals surface area contributed by atoms with Crippen LogP contribution in [0.4, 0.5) is 0 Å². The van der Waals surface area contributed by atoms with E-state index in [9.17, 15) is 4.79 Å². The molecule has 112 valence electrons. The smallest absolute Gasteiger partial charge is 0.269 e. The molecule has 1 aliphatic rings. The van der Waals surface area contributed by atoms with E-state index in [2.05, 4.69) is 22.1 Å². The Kier molecular flexibility index (Phi) is 6.93. The van der Waals surface area contributed by atoms with E-state index in [1.807, 2.05) is 23.5 Å². The Morgan fingerprint density at radius 2 is 2.38 bits per heavy atom. The predicted molar refractivity (Wildman–Crippen MR) is 88.7 cm³/mol. The van der Waals surface area contributed by atoms with Gasteiger partial charge in [-0.15, -0.1) is 0 Å². The fourth-order valence-corrected chi connectivity index (χ4v) is 4.39. The number of aliphatic hydroxyl groups excluding tert-OH is 1. The molecule has 0 aromatic carbocycles. The normalized spacial score (nSPS) is 17.7. The van der Waals surface area contributed by atoms with Crippen LogP contribution in [0.25, 0.3) is 0 Å². The number of hydrogen-bond acceptors (Lipinski definition) is 5. The number of carbonyl (C=O) groups excluding carboxylic acids is 1. The Bertz CT molecular complexity index is 517. The lowest BCUT2D eigenvalue weighted by molar-refractivity contribution is 0.0949. The van der Waals surface area contributed by atoms with Gasteiger partial charge < -0.3 is 10.4 Å². The van der Waals surface area contributed by atoms with Crippen LogP contribution in [0, 0.1) is 11.8 Å². The summed E-state index contributed by atoms with van der Waals surface area (Å²) in [7, 11) is 0. The van der Waals surface area contributed by atoms with Crippen molar-refractivity contribution >= 4 is 29.4 Å². The molecule has 0 saturated carbocycles. The van der Waals surface area contributed by atoms with Crippen LogP contribution in [0.2, 0.25) is 0 Å². The van der Waals surface area contributed by atoms with Gasteiger partial charge in [0, 0.05) is 47.2 Å². The lowest BCUT2D eigenvalue weighted by Crippen LogP contribution is -2.33. The van der Waals surface area contributed by atoms with Crippen LogP contribution >= 0.6 is 23.5 Å². The third kappa shape index (κ3) is 5.62. The van der Waals surface area contributed by atoms with Crippen LogP contribution in [-0.2, 0) is 0 Å². The van der Waals surface area contributed by atoms with Crippen LogP contribution in [-0.4, -0.2) is 51.7 Å². The van der Waals surface area contributed by atoms with Crippen molar-refractivity contribution < 1.29 is 9.90 Å². The molecule has 1 saturated heterocycles. The molecule has 0 aliphatic carbocycles. The number of hydrogen-bond donors (Lipinski definition) is 2. The van der Waals surface area contributed by atoms with Gasteiger partial charge in [0.2, 0.25) is 0 Å². The summed E-state index contributed by atoms with van der Waals surface area (Å²) in [4.78, 5) is 16.1. The Labute approximate surface area is 133 Å². The van der Waals surface area contributed by atoms with E-state index < -0.39 is 0 Å². The van der Waals surface area contributed by atoms with Gasteiger partial charge in [0.05, 0.1) is 6.61 Å². The Morgan fingerprint density at radius 3 is 3.05 bits per heavy atom. The second kappa shape index (κ2) is 8.98. The minimum Gasteiger partial charge on any atom is -0.395 e. The zero-order chi connectivity index (χ0) is 14.9. The van der Waals surface area contributed by atoms with Gasteiger partial charge in [0.1, 0.15) is 5.69 Å². The van der Waals surface area contributed by atoms with Gasteiger partial charge in [0.25, 0.3) is 5.91 Å². The molecule has 1 fully saturated rings. The number of pyridine rings is 1. The van der Waals surface area contributed by atoms with Crippen LogP contribution in [0.1, 0.15) is 22.5 Å². The molecule has 4 nitrogen and oxygen atoms in total. The van der Waals surface area contributed by atoms with Crippen molar-refractivity contribution in [3.05, 3.63) is 29.6 Å². The van der Waals surface area contributed by atoms with E-state index in [0.717, 1.165) is 17.1 Å². The van der Waals surface area contributed by atoms with Crippen molar-refractivity contribution in [3.8, 4) is 11.8 Å². The van der Waals surface area contributed by atoms with Crippen molar-refractivity contribution in [1.82, 2.24) is 10.3 Å². The highest BCUT2D eigenvalue weighted by Crippen LogP contribution is 2.23. The first kappa shape index (κ1) is 16.2. The van der Waals surface area contributed by atoms with Crippen molar-refractivity contribution in [2.75, 3.05) is 30.4 Å². The number of nitrogens with one attached hydrogen (secondary N) is 1. The van der Waals surface area contributed by atoms with Crippen molar-refractivity contribution in [1.29, 1.82) is 0 Å². The minimum atomic E-state index is -0.138. The average molecular weight is 322 g/mol. The Morgan fingerprint density at radius 1 is 1.48 bits per heavy atom. The number of amides is 1. The summed E-state index contributed by atoms with van der Waals surface area (Å²) in [6.07, 6.45) is 2.03. The monoisotopic (exact) mass is 322 g/mol. The van der Waals surface area contributed by atoms with E-state index in [1.165, 1.54) is 5.75 Å². The van der Waals surface area contributed by atoms with E-state index in [4.69, 9.17) is 5.11 Å². The molecular weight excluding hydrogens is 304 g/mol. The molecule has 6 heteroatoms. The van der Waals surface area contributed by atoms with E-state index >= 15 is 0 Å². The lowest BCUT2D eigenvalue weighted by Gasteiger charge is -2.20. The summed E-state index contributed by atoms with van der Waals surface area (Å²) in [5.74, 6) is 9.03. The zero-order valence-corrected chi connectivity index (χ0v) is 13.3. The topological polar surface area (TPSA) is 62.2 Å². The molecule has 1 aliphatic heterocycles. The number of rotatable bonds is 4. The molecule has 1 aromatic rings. The van der Waals surface area contributed by atoms with Crippen LogP contribution in [0.15, 0.2) is 18.3 Å². The summed E-state index contributed by atoms with van der Waals surface area (Å²) in [6, 6.07) is 3.46. The Balaban J connectivity index is 1.83. The summed E-state index contributed by atoms with van der Waals surface area (Å²) in [5.41, 5.74) is 1.16. The molecule has 2 heterocycles. The predicted octanol–water partition coefficient (Wildman–Crippen LogP) is 1.39. The molecule has 2 rings (SSSR count). The SMILES string of the molecule is O=C(NCC1CSCCS1)c1ccc(C#CCCO)cn1. The Hall–Kier alpha value is -1.16. The standard InChI is InChI=1S/C15H18N2O2S2/c18-6-2-1-3-12-4-5-14(16-9-12)15(19)17-10-13-11-20-7-8-21-13/h4-5,9,13,18H,2,6-8,10-11H2,(H,17,19). The molecule has 1 unspecified atom stereocenters. The third-order valence-electron chi connectivity index (χ3n) is 2.84. The quantitative estimate of drug-likeness (QED) is 0.821. The van der Waals surface area contributed by atoms with Gasteiger partial charge in [-0.3, -0.25) is 4.79 Å².